The third kappa shape index (κ3) is 7.40. The van der Waals surface area contributed by atoms with Crippen molar-refractivity contribution in [3.63, 3.8) is 0 Å². The molecule has 3 aliphatic heterocycles. The number of β-lactam (4-membered cyclic amide) rings is 1. The predicted molar refractivity (Wildman–Crippen MR) is 210 cm³/mol. The van der Waals surface area contributed by atoms with Gasteiger partial charge in [-0.05, 0) is 62.3 Å². The molecule has 2 saturated heterocycles. The van der Waals surface area contributed by atoms with Crippen LogP contribution >= 0.6 is 23.1 Å². The average molecular weight is 766 g/mol. The number of nitrogens with zero attached hydrogens (tertiary/aromatic N) is 3. The first-order valence-corrected chi connectivity index (χ1v) is 19.9. The molecule has 7 rings (SSSR count). The van der Waals surface area contributed by atoms with Crippen molar-refractivity contribution in [2.24, 2.45) is 5.16 Å². The minimum absolute atomic E-state index is 0.0854. The summed E-state index contributed by atoms with van der Waals surface area (Å²) in [6.07, 6.45) is 2.42. The molecular weight excluding hydrogens is 723 g/mol. The van der Waals surface area contributed by atoms with E-state index in [9.17, 15) is 14.4 Å². The summed E-state index contributed by atoms with van der Waals surface area (Å²) >= 11 is 2.81. The molecule has 2 fully saturated rings. The summed E-state index contributed by atoms with van der Waals surface area (Å²) < 4.78 is 11.8. The molecule has 11 nitrogen and oxygen atoms in total. The highest BCUT2D eigenvalue weighted by Crippen LogP contribution is 2.44. The van der Waals surface area contributed by atoms with Gasteiger partial charge in [0.25, 0.3) is 11.8 Å². The number of amides is 2. The first kappa shape index (κ1) is 37.3. The number of carbonyl (C=O) groups excluding carboxylic acids is 3. The van der Waals surface area contributed by atoms with E-state index in [1.54, 1.807) is 26.2 Å². The molecule has 0 bridgehead atoms. The van der Waals surface area contributed by atoms with Gasteiger partial charge in [0, 0.05) is 17.7 Å². The molecule has 4 heterocycles. The maximum atomic E-state index is 13.9. The number of rotatable bonds is 11. The van der Waals surface area contributed by atoms with Crippen LogP contribution in [-0.4, -0.2) is 76.0 Å². The summed E-state index contributed by atoms with van der Waals surface area (Å²) in [5.41, 5.74) is 2.56. The molecular formula is C41H43N5O6S2. The largest absolute Gasteiger partial charge is 0.455 e. The second kappa shape index (κ2) is 15.8. The van der Waals surface area contributed by atoms with E-state index in [1.165, 1.54) is 35.1 Å². The van der Waals surface area contributed by atoms with Crippen molar-refractivity contribution >= 4 is 51.7 Å². The molecule has 1 unspecified atom stereocenters. The van der Waals surface area contributed by atoms with Crippen LogP contribution in [0.1, 0.15) is 62.4 Å². The maximum Gasteiger partial charge on any atom is 0.355 e. The number of fused-ring (bicyclic) bond motifs is 1. The molecule has 3 aromatic carbocycles. The van der Waals surface area contributed by atoms with Crippen molar-refractivity contribution in [3.8, 4) is 0 Å². The Labute approximate surface area is 323 Å². The number of thioether (sulfide) groups is 1. The van der Waals surface area contributed by atoms with E-state index in [2.05, 4.69) is 52.2 Å². The zero-order valence-electron chi connectivity index (χ0n) is 30.6. The third-order valence-corrected chi connectivity index (χ3v) is 11.6. The Balaban J connectivity index is 1.15. The minimum Gasteiger partial charge on any atom is -0.455 e. The van der Waals surface area contributed by atoms with Gasteiger partial charge in [-0.1, -0.05) is 96.2 Å². The number of oxime groups is 1. The second-order valence-electron chi connectivity index (χ2n) is 14.2. The SMILES string of the molecule is CO/N=C(\C(=O)N[C@@H]1C(=O)N2C(C(=O)OC(C)(C)C)=C(C3CCCCO3)CS[C@H]12)c1csc(NC(c2ccccc2)(c2ccccc2)c2ccccc2)n1. The van der Waals surface area contributed by atoms with Crippen LogP contribution in [0.2, 0.25) is 0 Å². The Kier molecular flexibility index (Phi) is 10.9. The number of thiazole rings is 1. The molecule has 280 valence electrons. The normalized spacial score (nSPS) is 20.4. The monoisotopic (exact) mass is 765 g/mol. The standard InChI is InChI=1S/C41H43N5O6S2/c1-40(2,3)52-38(49)34-29(31-22-14-15-23-51-31)24-53-37-33(36(48)46(34)37)43-35(47)32(45-50-4)30-25-54-39(42-30)44-41(26-16-8-5-9-17-26,27-18-10-6-11-19-27)28-20-12-7-13-21-28/h5-13,16-21,25,31,33,37H,14-15,22-24H2,1-4H3,(H,42,44)(H,43,47)/b45-32-/t31?,33-,37-/m1/s1. The lowest BCUT2D eigenvalue weighted by molar-refractivity contribution is -0.159. The Morgan fingerprint density at radius 3 is 2.07 bits per heavy atom. The molecule has 4 aromatic rings. The second-order valence-corrected chi connectivity index (χ2v) is 16.2. The van der Waals surface area contributed by atoms with Crippen molar-refractivity contribution in [1.29, 1.82) is 0 Å². The van der Waals surface area contributed by atoms with Crippen LogP contribution in [0, 0.1) is 0 Å². The highest BCUT2D eigenvalue weighted by atomic mass is 32.2. The van der Waals surface area contributed by atoms with Crippen molar-refractivity contribution in [2.45, 2.75) is 68.7 Å². The van der Waals surface area contributed by atoms with Crippen LogP contribution in [0.3, 0.4) is 0 Å². The van der Waals surface area contributed by atoms with Gasteiger partial charge in [-0.25, -0.2) is 9.78 Å². The predicted octanol–water partition coefficient (Wildman–Crippen LogP) is 6.46. The number of anilines is 1. The fraction of sp³-hybridized carbons (Fsp3) is 0.341. The average Bonchev–Trinajstić information content (AvgIpc) is 3.66. The van der Waals surface area contributed by atoms with E-state index in [-0.39, 0.29) is 23.2 Å². The molecule has 54 heavy (non-hydrogen) atoms. The van der Waals surface area contributed by atoms with Gasteiger partial charge in [-0.15, -0.1) is 23.1 Å². The fourth-order valence-corrected chi connectivity index (χ4v) is 9.27. The van der Waals surface area contributed by atoms with E-state index >= 15 is 0 Å². The van der Waals surface area contributed by atoms with Crippen molar-refractivity contribution in [1.82, 2.24) is 15.2 Å². The molecule has 3 atom stereocenters. The van der Waals surface area contributed by atoms with Gasteiger partial charge >= 0.3 is 5.97 Å². The Bertz CT molecular complexity index is 1950. The third-order valence-electron chi connectivity index (χ3n) is 9.50. The topological polar surface area (TPSA) is 131 Å². The van der Waals surface area contributed by atoms with Gasteiger partial charge in [-0.3, -0.25) is 14.5 Å². The molecule has 0 spiro atoms. The zero-order valence-corrected chi connectivity index (χ0v) is 32.2. The highest BCUT2D eigenvalue weighted by molar-refractivity contribution is 8.00. The number of nitrogens with one attached hydrogen (secondary N) is 2. The van der Waals surface area contributed by atoms with E-state index in [4.69, 9.17) is 19.3 Å². The van der Waals surface area contributed by atoms with Gasteiger partial charge in [0.2, 0.25) is 0 Å². The van der Waals surface area contributed by atoms with Crippen LogP contribution in [0.4, 0.5) is 5.13 Å². The first-order valence-electron chi connectivity index (χ1n) is 18.0. The molecule has 13 heteroatoms. The number of esters is 1. The van der Waals surface area contributed by atoms with E-state index in [0.717, 1.165) is 41.5 Å². The number of hydrogen-bond acceptors (Lipinski definition) is 11. The lowest BCUT2D eigenvalue weighted by atomic mass is 9.77. The van der Waals surface area contributed by atoms with Gasteiger partial charge in [-0.2, -0.15) is 0 Å². The summed E-state index contributed by atoms with van der Waals surface area (Å²) in [6.45, 7) is 5.97. The van der Waals surface area contributed by atoms with Crippen LogP contribution in [0.5, 0.6) is 0 Å². The van der Waals surface area contributed by atoms with Crippen molar-refractivity contribution in [2.75, 3.05) is 24.8 Å². The first-order chi connectivity index (χ1) is 26.1. The van der Waals surface area contributed by atoms with Crippen LogP contribution < -0.4 is 10.6 Å². The lowest BCUT2D eigenvalue weighted by Gasteiger charge is -2.50. The highest BCUT2D eigenvalue weighted by Gasteiger charge is 2.56. The van der Waals surface area contributed by atoms with Crippen molar-refractivity contribution < 1.29 is 28.7 Å². The number of hydrogen-bond donors (Lipinski definition) is 2. The zero-order chi connectivity index (χ0) is 37.9. The summed E-state index contributed by atoms with van der Waals surface area (Å²) in [5.74, 6) is -1.15. The Morgan fingerprint density at radius 2 is 1.54 bits per heavy atom. The molecule has 0 saturated carbocycles. The quantitative estimate of drug-likeness (QED) is 0.0581. The minimum atomic E-state index is -0.908. The van der Waals surface area contributed by atoms with Crippen LogP contribution in [0.15, 0.2) is 113 Å². The molecule has 3 aliphatic rings. The van der Waals surface area contributed by atoms with Gasteiger partial charge < -0.3 is 24.9 Å². The maximum absolute atomic E-state index is 13.9. The fourth-order valence-electron chi connectivity index (χ4n) is 7.11. The number of carbonyl (C=O) groups is 3. The summed E-state index contributed by atoms with van der Waals surface area (Å²) in [5, 5.41) is 12.4. The van der Waals surface area contributed by atoms with E-state index < -0.39 is 40.3 Å². The number of ether oxygens (including phenoxy) is 2. The lowest BCUT2D eigenvalue weighted by Crippen LogP contribution is -2.71. The van der Waals surface area contributed by atoms with Crippen LogP contribution in [0.25, 0.3) is 0 Å². The van der Waals surface area contributed by atoms with Gasteiger partial charge in [0.1, 0.15) is 41.1 Å². The Hall–Kier alpha value is -4.98. The van der Waals surface area contributed by atoms with E-state index in [1.807, 2.05) is 54.6 Å². The summed E-state index contributed by atoms with van der Waals surface area (Å²) in [7, 11) is 1.35. The van der Waals surface area contributed by atoms with Gasteiger partial charge in [0.05, 0.1) is 6.10 Å². The van der Waals surface area contributed by atoms with Crippen molar-refractivity contribution in [3.05, 3.63) is 130 Å². The smallest absolute Gasteiger partial charge is 0.355 e. The number of benzene rings is 3. The molecule has 0 radical (unpaired) electrons. The van der Waals surface area contributed by atoms with Gasteiger partial charge in [0.15, 0.2) is 10.8 Å². The molecule has 2 amide bonds. The molecule has 0 aliphatic carbocycles. The summed E-state index contributed by atoms with van der Waals surface area (Å²) in [4.78, 5) is 52.8. The molecule has 1 aromatic heterocycles. The number of aromatic nitrogens is 1. The summed E-state index contributed by atoms with van der Waals surface area (Å²) in [6, 6.07) is 29.5. The van der Waals surface area contributed by atoms with Crippen LogP contribution in [-0.2, 0) is 34.2 Å². The van der Waals surface area contributed by atoms with E-state index in [0.29, 0.717) is 17.5 Å². The Morgan fingerprint density at radius 1 is 0.926 bits per heavy atom. The molecule has 2 N–H and O–H groups in total.